The van der Waals surface area contributed by atoms with Crippen LogP contribution >= 0.6 is 24.0 Å². The summed E-state index contributed by atoms with van der Waals surface area (Å²) in [5, 5.41) is 3.97. The number of piperidine rings is 1. The molecule has 1 aromatic rings. The smallest absolute Gasteiger partial charge is 0.233 e. The lowest BCUT2D eigenvalue weighted by Crippen LogP contribution is -2.48. The van der Waals surface area contributed by atoms with Crippen molar-refractivity contribution in [2.75, 3.05) is 26.7 Å². The fourth-order valence-electron chi connectivity index (χ4n) is 4.47. The van der Waals surface area contributed by atoms with Gasteiger partial charge in [0.2, 0.25) is 5.91 Å². The molecule has 0 radical (unpaired) electrons. The summed E-state index contributed by atoms with van der Waals surface area (Å²) < 4.78 is 0. The van der Waals surface area contributed by atoms with Crippen molar-refractivity contribution in [1.29, 1.82) is 0 Å². The standard InChI is InChI=1S/C20H29ClN2O.ClH/c1-22-12-7-16-8-13-23(14-9-16)19(24)20(10-2-3-11-20)17-5-4-6-18(21)15-17;/h4-6,15-16,22H,2-3,7-14H2,1H3;1H. The lowest BCUT2D eigenvalue weighted by Gasteiger charge is -2.39. The maximum atomic E-state index is 13.4. The van der Waals surface area contributed by atoms with Crippen molar-refractivity contribution in [1.82, 2.24) is 10.2 Å². The molecule has 0 unspecified atom stereocenters. The Kier molecular flexibility index (Phi) is 7.60. The van der Waals surface area contributed by atoms with Crippen LogP contribution in [-0.2, 0) is 10.2 Å². The van der Waals surface area contributed by atoms with Crippen LogP contribution in [0.15, 0.2) is 24.3 Å². The van der Waals surface area contributed by atoms with Crippen molar-refractivity contribution in [2.24, 2.45) is 5.92 Å². The van der Waals surface area contributed by atoms with Crippen LogP contribution in [0.3, 0.4) is 0 Å². The van der Waals surface area contributed by atoms with E-state index in [0.29, 0.717) is 5.91 Å². The molecule has 5 heteroatoms. The minimum Gasteiger partial charge on any atom is -0.342 e. The van der Waals surface area contributed by atoms with Gasteiger partial charge in [0.1, 0.15) is 0 Å². The van der Waals surface area contributed by atoms with Crippen molar-refractivity contribution < 1.29 is 4.79 Å². The SMILES string of the molecule is CNCCC1CCN(C(=O)C2(c3cccc(Cl)c3)CCCC2)CC1.Cl. The van der Waals surface area contributed by atoms with E-state index in [1.54, 1.807) is 0 Å². The van der Waals surface area contributed by atoms with Crippen LogP contribution in [0.2, 0.25) is 5.02 Å². The number of hydrogen-bond donors (Lipinski definition) is 1. The third-order valence-electron chi connectivity index (χ3n) is 5.95. The second-order valence-electron chi connectivity index (χ2n) is 7.43. The highest BCUT2D eigenvalue weighted by atomic mass is 35.5. The molecule has 2 aliphatic rings. The van der Waals surface area contributed by atoms with E-state index in [1.807, 2.05) is 25.2 Å². The van der Waals surface area contributed by atoms with Gasteiger partial charge < -0.3 is 10.2 Å². The molecular weight excluding hydrogens is 355 g/mol. The number of likely N-dealkylation sites (tertiary alicyclic amines) is 1. The number of benzene rings is 1. The van der Waals surface area contributed by atoms with Gasteiger partial charge in [-0.15, -0.1) is 12.4 Å². The average molecular weight is 385 g/mol. The second kappa shape index (κ2) is 9.25. The molecule has 1 N–H and O–H groups in total. The zero-order valence-corrected chi connectivity index (χ0v) is 16.7. The zero-order chi connectivity index (χ0) is 17.0. The first-order chi connectivity index (χ1) is 11.7. The van der Waals surface area contributed by atoms with Crippen LogP contribution in [0, 0.1) is 5.92 Å². The van der Waals surface area contributed by atoms with E-state index in [4.69, 9.17) is 11.6 Å². The number of nitrogens with zero attached hydrogens (tertiary/aromatic N) is 1. The number of rotatable bonds is 5. The minimum absolute atomic E-state index is 0. The summed E-state index contributed by atoms with van der Waals surface area (Å²) >= 11 is 6.21. The van der Waals surface area contributed by atoms with Gasteiger partial charge >= 0.3 is 0 Å². The molecule has 1 aliphatic heterocycles. The Morgan fingerprint density at radius 1 is 1.28 bits per heavy atom. The fourth-order valence-corrected chi connectivity index (χ4v) is 4.66. The predicted molar refractivity (Wildman–Crippen MR) is 107 cm³/mol. The number of carbonyl (C=O) groups is 1. The van der Waals surface area contributed by atoms with E-state index in [1.165, 1.54) is 6.42 Å². The monoisotopic (exact) mass is 384 g/mol. The van der Waals surface area contributed by atoms with Crippen molar-refractivity contribution in [3.63, 3.8) is 0 Å². The predicted octanol–water partition coefficient (Wildman–Crippen LogP) is 4.42. The zero-order valence-electron chi connectivity index (χ0n) is 15.1. The van der Waals surface area contributed by atoms with Crippen molar-refractivity contribution in [2.45, 2.75) is 50.4 Å². The van der Waals surface area contributed by atoms with Gasteiger partial charge in [-0.2, -0.15) is 0 Å². The van der Waals surface area contributed by atoms with Gasteiger partial charge in [0.15, 0.2) is 0 Å². The summed E-state index contributed by atoms with van der Waals surface area (Å²) in [6.07, 6.45) is 7.70. The molecule has 0 bridgehead atoms. The van der Waals surface area contributed by atoms with Gasteiger partial charge in [-0.3, -0.25) is 4.79 Å². The Morgan fingerprint density at radius 2 is 1.96 bits per heavy atom. The second-order valence-corrected chi connectivity index (χ2v) is 7.86. The third-order valence-corrected chi connectivity index (χ3v) is 6.18. The highest BCUT2D eigenvalue weighted by molar-refractivity contribution is 6.30. The number of halogens is 2. The molecule has 2 fully saturated rings. The van der Waals surface area contributed by atoms with Gasteiger partial charge in [0.05, 0.1) is 5.41 Å². The molecule has 1 heterocycles. The van der Waals surface area contributed by atoms with Gasteiger partial charge in [-0.1, -0.05) is 36.6 Å². The number of nitrogens with one attached hydrogen (secondary N) is 1. The lowest BCUT2D eigenvalue weighted by molar-refractivity contribution is -0.138. The summed E-state index contributed by atoms with van der Waals surface area (Å²) in [6, 6.07) is 7.97. The molecule has 0 atom stereocenters. The Labute approximate surface area is 162 Å². The largest absolute Gasteiger partial charge is 0.342 e. The molecule has 1 aliphatic carbocycles. The Balaban J connectivity index is 0.00000225. The summed E-state index contributed by atoms with van der Waals surface area (Å²) in [6.45, 7) is 2.90. The molecule has 1 saturated carbocycles. The maximum Gasteiger partial charge on any atom is 0.233 e. The van der Waals surface area contributed by atoms with Crippen LogP contribution < -0.4 is 5.32 Å². The number of amides is 1. The first-order valence-corrected chi connectivity index (χ1v) is 9.73. The number of carbonyl (C=O) groups excluding carboxylic acids is 1. The van der Waals surface area contributed by atoms with Crippen LogP contribution in [0.5, 0.6) is 0 Å². The van der Waals surface area contributed by atoms with Crippen LogP contribution in [0.4, 0.5) is 0 Å². The third kappa shape index (κ3) is 4.50. The summed E-state index contributed by atoms with van der Waals surface area (Å²) in [7, 11) is 2.01. The Bertz CT molecular complexity index is 565. The molecule has 1 saturated heterocycles. The number of hydrogen-bond acceptors (Lipinski definition) is 2. The first-order valence-electron chi connectivity index (χ1n) is 9.36. The van der Waals surface area contributed by atoms with Crippen molar-refractivity contribution >= 4 is 29.9 Å². The minimum atomic E-state index is -0.331. The van der Waals surface area contributed by atoms with Gasteiger partial charge in [-0.05, 0) is 69.3 Å². The van der Waals surface area contributed by atoms with Gasteiger partial charge in [-0.25, -0.2) is 0 Å². The molecule has 3 rings (SSSR count). The maximum absolute atomic E-state index is 13.4. The van der Waals surface area contributed by atoms with Crippen molar-refractivity contribution in [3.05, 3.63) is 34.9 Å². The Morgan fingerprint density at radius 3 is 2.56 bits per heavy atom. The molecule has 3 nitrogen and oxygen atoms in total. The molecule has 25 heavy (non-hydrogen) atoms. The quantitative estimate of drug-likeness (QED) is 0.814. The van der Waals surface area contributed by atoms with Gasteiger partial charge in [0, 0.05) is 18.1 Å². The molecule has 1 aromatic carbocycles. The first kappa shape index (κ1) is 20.5. The fraction of sp³-hybridized carbons (Fsp3) is 0.650. The van der Waals surface area contributed by atoms with E-state index >= 15 is 0 Å². The molecule has 1 amide bonds. The van der Waals surface area contributed by atoms with E-state index in [9.17, 15) is 4.79 Å². The molecular formula is C20H30Cl2N2O. The van der Waals surface area contributed by atoms with E-state index in [-0.39, 0.29) is 17.8 Å². The van der Waals surface area contributed by atoms with E-state index in [0.717, 1.165) is 74.7 Å². The van der Waals surface area contributed by atoms with Crippen LogP contribution in [-0.4, -0.2) is 37.5 Å². The van der Waals surface area contributed by atoms with E-state index < -0.39 is 0 Å². The molecule has 0 aromatic heterocycles. The summed E-state index contributed by atoms with van der Waals surface area (Å²) in [5.74, 6) is 1.10. The normalized spacial score (nSPS) is 20.3. The highest BCUT2D eigenvalue weighted by Crippen LogP contribution is 2.43. The lowest BCUT2D eigenvalue weighted by atomic mass is 9.77. The van der Waals surface area contributed by atoms with Crippen molar-refractivity contribution in [3.8, 4) is 0 Å². The topological polar surface area (TPSA) is 32.3 Å². The summed E-state index contributed by atoms with van der Waals surface area (Å²) in [4.78, 5) is 15.6. The average Bonchev–Trinajstić information content (AvgIpc) is 3.11. The van der Waals surface area contributed by atoms with Gasteiger partial charge in [0.25, 0.3) is 0 Å². The van der Waals surface area contributed by atoms with Crippen LogP contribution in [0.25, 0.3) is 0 Å². The molecule has 0 spiro atoms. The van der Waals surface area contributed by atoms with E-state index in [2.05, 4.69) is 16.3 Å². The van der Waals surface area contributed by atoms with Crippen LogP contribution in [0.1, 0.15) is 50.5 Å². The summed E-state index contributed by atoms with van der Waals surface area (Å²) in [5.41, 5.74) is 0.790. The highest BCUT2D eigenvalue weighted by Gasteiger charge is 2.45. The Hall–Kier alpha value is -0.770. The molecule has 140 valence electrons.